The highest BCUT2D eigenvalue weighted by atomic mass is 32.2. The topological polar surface area (TPSA) is 40.5 Å². The summed E-state index contributed by atoms with van der Waals surface area (Å²) in [4.78, 5) is 11.7. The van der Waals surface area contributed by atoms with Gasteiger partial charge in [-0.25, -0.2) is 4.79 Å². The Morgan fingerprint density at radius 3 is 2.55 bits per heavy atom. The summed E-state index contributed by atoms with van der Waals surface area (Å²) >= 11 is 6.08. The second-order valence-electron chi connectivity index (χ2n) is 1.92. The third kappa shape index (κ3) is 5.87. The van der Waals surface area contributed by atoms with E-state index in [1.165, 1.54) is 17.2 Å². The van der Waals surface area contributed by atoms with E-state index in [2.05, 4.69) is 0 Å². The first kappa shape index (κ1) is 10.4. The van der Waals surface area contributed by atoms with Gasteiger partial charge in [0.25, 0.3) is 0 Å². The summed E-state index contributed by atoms with van der Waals surface area (Å²) in [5, 5.41) is 9.66. The van der Waals surface area contributed by atoms with Gasteiger partial charge in [-0.05, 0) is 5.41 Å². The van der Waals surface area contributed by atoms with Crippen LogP contribution in [0.2, 0.25) is 0 Å². The lowest BCUT2D eigenvalue weighted by Gasteiger charge is -2.09. The number of carboxylic acid groups (broad SMARTS) is 1. The van der Waals surface area contributed by atoms with Crippen LogP contribution in [-0.2, 0) is 4.79 Å². The molecule has 0 bridgehead atoms. The molecule has 0 aromatic heterocycles. The van der Waals surface area contributed by atoms with Crippen molar-refractivity contribution in [3.63, 3.8) is 0 Å². The summed E-state index contributed by atoms with van der Waals surface area (Å²) in [6, 6.07) is 0. The molecule has 11 heavy (non-hydrogen) atoms. The number of hydrogen-bond acceptors (Lipinski definition) is 3. The molecular weight excluding hydrogens is 182 g/mol. The largest absolute Gasteiger partial charge is 0.478 e. The molecule has 0 rings (SSSR count). The number of carbonyl (C=O) groups is 1. The van der Waals surface area contributed by atoms with Crippen molar-refractivity contribution in [2.75, 3.05) is 14.1 Å². The van der Waals surface area contributed by atoms with Crippen molar-refractivity contribution in [1.29, 1.82) is 0 Å². The van der Waals surface area contributed by atoms with Gasteiger partial charge < -0.3 is 10.0 Å². The predicted molar refractivity (Wildman–Crippen MR) is 50.7 cm³/mol. The van der Waals surface area contributed by atoms with Crippen molar-refractivity contribution in [1.82, 2.24) is 4.90 Å². The molecule has 0 amide bonds. The molecule has 0 fully saturated rings. The smallest absolute Gasteiger partial charge is 0.328 e. The fraction of sp³-hybridized carbons (Fsp3) is 0.333. The first-order chi connectivity index (χ1) is 5.04. The molecule has 1 N–H and O–H groups in total. The van der Waals surface area contributed by atoms with Crippen molar-refractivity contribution >= 4 is 34.3 Å². The van der Waals surface area contributed by atoms with Crippen molar-refractivity contribution in [3.8, 4) is 0 Å². The molecular formula is C6H9NO2S2. The molecule has 0 atom stereocenters. The molecule has 5 heteroatoms. The average Bonchev–Trinajstić information content (AvgIpc) is 1.86. The molecule has 0 saturated heterocycles. The summed E-state index contributed by atoms with van der Waals surface area (Å²) < 4.78 is 0.641. The molecule has 0 aliphatic carbocycles. The summed E-state index contributed by atoms with van der Waals surface area (Å²) in [5.74, 6) is -0.959. The van der Waals surface area contributed by atoms with Crippen LogP contribution in [0.25, 0.3) is 0 Å². The van der Waals surface area contributed by atoms with Crippen molar-refractivity contribution in [2.24, 2.45) is 0 Å². The molecule has 0 aromatic carbocycles. The van der Waals surface area contributed by atoms with Gasteiger partial charge in [0.15, 0.2) is 0 Å². The van der Waals surface area contributed by atoms with Crippen LogP contribution in [0, 0.1) is 0 Å². The molecule has 0 unspecified atom stereocenters. The molecule has 0 spiro atoms. The van der Waals surface area contributed by atoms with Crippen LogP contribution < -0.4 is 0 Å². The van der Waals surface area contributed by atoms with Crippen molar-refractivity contribution in [2.45, 2.75) is 0 Å². The zero-order valence-electron chi connectivity index (χ0n) is 6.27. The Bertz CT molecular complexity index is 189. The van der Waals surface area contributed by atoms with Gasteiger partial charge in [-0.3, -0.25) is 0 Å². The van der Waals surface area contributed by atoms with Gasteiger partial charge in [0.05, 0.1) is 0 Å². The van der Waals surface area contributed by atoms with Crippen LogP contribution in [0.3, 0.4) is 0 Å². The van der Waals surface area contributed by atoms with Crippen LogP contribution in [0.4, 0.5) is 0 Å². The van der Waals surface area contributed by atoms with Crippen LogP contribution in [0.1, 0.15) is 0 Å². The third-order valence-electron chi connectivity index (χ3n) is 0.745. The highest BCUT2D eigenvalue weighted by molar-refractivity contribution is 8.24. The highest BCUT2D eigenvalue weighted by Crippen LogP contribution is 2.07. The first-order valence-electron chi connectivity index (χ1n) is 2.81. The zero-order chi connectivity index (χ0) is 8.85. The van der Waals surface area contributed by atoms with E-state index in [1.807, 2.05) is 14.1 Å². The number of aliphatic carboxylic acids is 1. The predicted octanol–water partition coefficient (Wildman–Crippen LogP) is 1.16. The molecule has 0 radical (unpaired) electrons. The maximum absolute atomic E-state index is 9.99. The summed E-state index contributed by atoms with van der Waals surface area (Å²) in [6.45, 7) is 0. The fourth-order valence-corrected chi connectivity index (χ4v) is 0.934. The molecule has 0 aliphatic rings. The van der Waals surface area contributed by atoms with E-state index in [0.29, 0.717) is 4.32 Å². The second kappa shape index (κ2) is 5.15. The number of rotatable bonds is 2. The highest BCUT2D eigenvalue weighted by Gasteiger charge is 1.95. The SMILES string of the molecule is CN(C)C(=S)S/C=C/C(=O)O. The van der Waals surface area contributed by atoms with Crippen molar-refractivity contribution in [3.05, 3.63) is 11.5 Å². The number of thiocarbonyl (C=S) groups is 1. The number of hydrogen-bond donors (Lipinski definition) is 1. The number of carboxylic acids is 1. The Morgan fingerprint density at radius 2 is 2.18 bits per heavy atom. The van der Waals surface area contributed by atoms with E-state index in [9.17, 15) is 4.79 Å². The Labute approximate surface area is 75.1 Å². The Kier molecular flexibility index (Phi) is 4.89. The third-order valence-corrected chi connectivity index (χ3v) is 2.24. The van der Waals surface area contributed by atoms with Crippen LogP contribution in [0.5, 0.6) is 0 Å². The lowest BCUT2D eigenvalue weighted by molar-refractivity contribution is -0.131. The minimum Gasteiger partial charge on any atom is -0.478 e. The Balaban J connectivity index is 3.71. The zero-order valence-corrected chi connectivity index (χ0v) is 7.91. The Hall–Kier alpha value is -0.550. The molecule has 0 saturated carbocycles. The van der Waals surface area contributed by atoms with Crippen molar-refractivity contribution < 1.29 is 9.90 Å². The van der Waals surface area contributed by atoms with E-state index in [0.717, 1.165) is 6.08 Å². The fourth-order valence-electron chi connectivity index (χ4n) is 0.256. The van der Waals surface area contributed by atoms with Gasteiger partial charge >= 0.3 is 5.97 Å². The maximum atomic E-state index is 9.99. The summed E-state index contributed by atoms with van der Waals surface area (Å²) in [6.07, 6.45) is 1.06. The van der Waals surface area contributed by atoms with Gasteiger partial charge in [0, 0.05) is 20.2 Å². The van der Waals surface area contributed by atoms with Gasteiger partial charge in [-0.1, -0.05) is 24.0 Å². The minimum absolute atomic E-state index is 0.641. The lowest BCUT2D eigenvalue weighted by Crippen LogP contribution is -2.15. The van der Waals surface area contributed by atoms with E-state index in [-0.39, 0.29) is 0 Å². The standard InChI is InChI=1S/C6H9NO2S2/c1-7(2)6(10)11-4-3-5(8)9/h3-4H,1-2H3,(H,8,9)/b4-3+. The van der Waals surface area contributed by atoms with Crippen LogP contribution in [-0.4, -0.2) is 34.4 Å². The van der Waals surface area contributed by atoms with E-state index in [1.54, 1.807) is 4.90 Å². The molecule has 0 heterocycles. The average molecular weight is 191 g/mol. The molecule has 0 aromatic rings. The molecule has 62 valence electrons. The number of thioether (sulfide) groups is 1. The lowest BCUT2D eigenvalue weighted by atomic mass is 10.7. The number of nitrogens with zero attached hydrogens (tertiary/aromatic N) is 1. The van der Waals surface area contributed by atoms with Crippen LogP contribution >= 0.6 is 24.0 Å². The van der Waals surface area contributed by atoms with Gasteiger partial charge in [-0.2, -0.15) is 0 Å². The minimum atomic E-state index is -0.959. The quantitative estimate of drug-likeness (QED) is 0.524. The molecule has 0 aliphatic heterocycles. The monoisotopic (exact) mass is 191 g/mol. The van der Waals surface area contributed by atoms with Gasteiger partial charge in [-0.15, -0.1) is 0 Å². The van der Waals surface area contributed by atoms with Gasteiger partial charge in [0.2, 0.25) is 0 Å². The maximum Gasteiger partial charge on any atom is 0.328 e. The summed E-state index contributed by atoms with van der Waals surface area (Å²) in [7, 11) is 3.62. The van der Waals surface area contributed by atoms with E-state index >= 15 is 0 Å². The van der Waals surface area contributed by atoms with Gasteiger partial charge in [0.1, 0.15) is 4.32 Å². The molecule has 3 nitrogen and oxygen atoms in total. The summed E-state index contributed by atoms with van der Waals surface area (Å²) in [5.41, 5.74) is 0. The second-order valence-corrected chi connectivity index (χ2v) is 3.46. The first-order valence-corrected chi connectivity index (χ1v) is 4.10. The van der Waals surface area contributed by atoms with E-state index < -0.39 is 5.97 Å². The normalized spacial score (nSPS) is 10.0. The Morgan fingerprint density at radius 1 is 1.64 bits per heavy atom. The van der Waals surface area contributed by atoms with Crippen LogP contribution in [0.15, 0.2) is 11.5 Å². The van der Waals surface area contributed by atoms with E-state index in [4.69, 9.17) is 17.3 Å².